The number of benzene rings is 1. The predicted octanol–water partition coefficient (Wildman–Crippen LogP) is 2.37. The monoisotopic (exact) mass is 324 g/mol. The van der Waals surface area contributed by atoms with Gasteiger partial charge in [0.25, 0.3) is 0 Å². The molecule has 1 unspecified atom stereocenters. The summed E-state index contributed by atoms with van der Waals surface area (Å²) in [5, 5.41) is 0. The van der Waals surface area contributed by atoms with E-state index in [0.717, 1.165) is 23.4 Å². The minimum absolute atomic E-state index is 0.148. The third-order valence-electron chi connectivity index (χ3n) is 3.18. The third kappa shape index (κ3) is 4.18. The summed E-state index contributed by atoms with van der Waals surface area (Å²) in [6.45, 7) is 3.04. The van der Waals surface area contributed by atoms with E-state index in [9.17, 15) is 21.6 Å². The fourth-order valence-corrected chi connectivity index (χ4v) is 3.30. The number of alkyl halides is 3. The first kappa shape index (κ1) is 17.9. The molecule has 4 nitrogen and oxygen atoms in total. The molecule has 0 heterocycles. The second-order valence-corrected chi connectivity index (χ2v) is 7.03. The van der Waals surface area contributed by atoms with Crippen molar-refractivity contribution in [3.05, 3.63) is 29.3 Å². The van der Waals surface area contributed by atoms with Gasteiger partial charge in [0, 0.05) is 19.6 Å². The average Bonchev–Trinajstić information content (AvgIpc) is 2.34. The van der Waals surface area contributed by atoms with Crippen molar-refractivity contribution in [1.29, 1.82) is 0 Å². The van der Waals surface area contributed by atoms with E-state index in [1.165, 1.54) is 13.1 Å². The summed E-state index contributed by atoms with van der Waals surface area (Å²) >= 11 is 0. The lowest BCUT2D eigenvalue weighted by Crippen LogP contribution is -2.32. The molecular formula is C13H19F3N2O2S. The molecule has 0 aliphatic heterocycles. The van der Waals surface area contributed by atoms with Crippen molar-refractivity contribution >= 4 is 10.0 Å². The maximum Gasteiger partial charge on any atom is 0.416 e. The normalized spacial score (nSPS) is 14.5. The highest BCUT2D eigenvalue weighted by Gasteiger charge is 2.35. The van der Waals surface area contributed by atoms with Gasteiger partial charge >= 0.3 is 6.18 Å². The van der Waals surface area contributed by atoms with Crippen molar-refractivity contribution < 1.29 is 21.6 Å². The van der Waals surface area contributed by atoms with Gasteiger partial charge in [0.1, 0.15) is 0 Å². The third-order valence-corrected chi connectivity index (χ3v) is 5.18. The van der Waals surface area contributed by atoms with E-state index < -0.39 is 21.8 Å². The Morgan fingerprint density at radius 3 is 2.38 bits per heavy atom. The average molecular weight is 324 g/mol. The van der Waals surface area contributed by atoms with Crippen molar-refractivity contribution in [3.63, 3.8) is 0 Å². The molecule has 0 aliphatic carbocycles. The quantitative estimate of drug-likeness (QED) is 0.904. The van der Waals surface area contributed by atoms with Crippen molar-refractivity contribution in [2.45, 2.75) is 37.4 Å². The zero-order valence-electron chi connectivity index (χ0n) is 12.1. The zero-order valence-corrected chi connectivity index (χ0v) is 12.9. The molecule has 1 aromatic rings. The Kier molecular flexibility index (Phi) is 5.40. The molecule has 0 saturated carbocycles. The van der Waals surface area contributed by atoms with Gasteiger partial charge in [-0.05, 0) is 38.0 Å². The first-order valence-electron chi connectivity index (χ1n) is 6.36. The summed E-state index contributed by atoms with van der Waals surface area (Å²) in [5.41, 5.74) is 4.33. The Labute approximate surface area is 122 Å². The zero-order chi connectivity index (χ0) is 16.4. The van der Waals surface area contributed by atoms with Crippen molar-refractivity contribution in [2.24, 2.45) is 5.73 Å². The van der Waals surface area contributed by atoms with Gasteiger partial charge < -0.3 is 5.73 Å². The molecule has 8 heteroatoms. The number of rotatable bonds is 5. The van der Waals surface area contributed by atoms with Gasteiger partial charge in [-0.25, -0.2) is 12.7 Å². The van der Waals surface area contributed by atoms with Crippen molar-refractivity contribution in [3.8, 4) is 0 Å². The summed E-state index contributed by atoms with van der Waals surface area (Å²) in [7, 11) is -2.64. The molecular weight excluding hydrogens is 305 g/mol. The maximum absolute atomic E-state index is 12.8. The number of nitrogens with two attached hydrogens (primary N) is 1. The van der Waals surface area contributed by atoms with Crippen molar-refractivity contribution in [1.82, 2.24) is 4.31 Å². The van der Waals surface area contributed by atoms with Crippen LogP contribution in [0.5, 0.6) is 0 Å². The lowest BCUT2D eigenvalue weighted by molar-refractivity contribution is -0.138. The van der Waals surface area contributed by atoms with Crippen LogP contribution in [-0.2, 0) is 16.2 Å². The lowest BCUT2D eigenvalue weighted by atomic mass is 10.1. The molecule has 0 bridgehead atoms. The van der Waals surface area contributed by atoms with Crippen LogP contribution in [0, 0.1) is 6.92 Å². The Hall–Kier alpha value is -1.12. The summed E-state index contributed by atoms with van der Waals surface area (Å²) in [5.74, 6) is 0. The molecule has 1 atom stereocenters. The number of nitrogens with zero attached hydrogens (tertiary/aromatic N) is 1. The number of hydrogen-bond acceptors (Lipinski definition) is 3. The number of sulfonamides is 1. The fourth-order valence-electron chi connectivity index (χ4n) is 1.87. The molecule has 2 N–H and O–H groups in total. The summed E-state index contributed by atoms with van der Waals surface area (Å²) in [6, 6.07) is 2.96. The van der Waals surface area contributed by atoms with E-state index in [2.05, 4.69) is 0 Å². The summed E-state index contributed by atoms with van der Waals surface area (Å²) < 4.78 is 64.3. The Balaban J connectivity index is 3.21. The minimum atomic E-state index is -4.58. The smallest absolute Gasteiger partial charge is 0.328 e. The van der Waals surface area contributed by atoms with Crippen molar-refractivity contribution in [2.75, 3.05) is 13.6 Å². The van der Waals surface area contributed by atoms with Crippen LogP contribution >= 0.6 is 0 Å². The van der Waals surface area contributed by atoms with E-state index in [1.54, 1.807) is 6.92 Å². The highest BCUT2D eigenvalue weighted by Crippen LogP contribution is 2.34. The standard InChI is InChI=1S/C13H19F3N2O2S/c1-9(17)7-8-18(3)21(19,20)12-6-4-5-11(10(12)2)13(14,15)16/h4-6,9H,7-8,17H2,1-3H3. The second kappa shape index (κ2) is 6.33. The minimum Gasteiger partial charge on any atom is -0.328 e. The first-order valence-corrected chi connectivity index (χ1v) is 7.80. The molecule has 120 valence electrons. The van der Waals surface area contributed by atoms with E-state index in [1.807, 2.05) is 0 Å². The van der Waals surface area contributed by atoms with Gasteiger partial charge in [0.15, 0.2) is 0 Å². The molecule has 1 rings (SSSR count). The Morgan fingerprint density at radius 1 is 1.33 bits per heavy atom. The van der Waals surface area contributed by atoms with Crippen LogP contribution in [0.1, 0.15) is 24.5 Å². The van der Waals surface area contributed by atoms with E-state index in [4.69, 9.17) is 5.73 Å². The molecule has 21 heavy (non-hydrogen) atoms. The van der Waals surface area contributed by atoms with E-state index in [0.29, 0.717) is 6.42 Å². The molecule has 0 spiro atoms. The molecule has 0 amide bonds. The Bertz CT molecular complexity index is 598. The highest BCUT2D eigenvalue weighted by atomic mass is 32.2. The fraction of sp³-hybridized carbons (Fsp3) is 0.538. The SMILES string of the molecule is Cc1c(C(F)(F)F)cccc1S(=O)(=O)N(C)CCC(C)N. The summed E-state index contributed by atoms with van der Waals surface area (Å²) in [6.07, 6.45) is -4.16. The van der Waals surface area contributed by atoms with Crippen LogP contribution in [0.2, 0.25) is 0 Å². The molecule has 0 saturated heterocycles. The van der Waals surface area contributed by atoms with Gasteiger partial charge in [-0.3, -0.25) is 0 Å². The van der Waals surface area contributed by atoms with Crippen LogP contribution in [0.15, 0.2) is 23.1 Å². The summed E-state index contributed by atoms with van der Waals surface area (Å²) in [4.78, 5) is -0.329. The van der Waals surface area contributed by atoms with Gasteiger partial charge in [0.05, 0.1) is 10.5 Å². The highest BCUT2D eigenvalue weighted by molar-refractivity contribution is 7.89. The maximum atomic E-state index is 12.8. The molecule has 0 aromatic heterocycles. The number of halogens is 3. The molecule has 1 aromatic carbocycles. The second-order valence-electron chi connectivity index (χ2n) is 5.02. The molecule has 0 aliphatic rings. The Morgan fingerprint density at radius 2 is 1.90 bits per heavy atom. The van der Waals surface area contributed by atoms with E-state index >= 15 is 0 Å². The molecule has 0 fully saturated rings. The van der Waals surface area contributed by atoms with Gasteiger partial charge in [0.2, 0.25) is 10.0 Å². The topological polar surface area (TPSA) is 63.4 Å². The molecule has 0 radical (unpaired) electrons. The largest absolute Gasteiger partial charge is 0.416 e. The van der Waals surface area contributed by atoms with Crippen LogP contribution in [0.25, 0.3) is 0 Å². The lowest BCUT2D eigenvalue weighted by Gasteiger charge is -2.21. The van der Waals surface area contributed by atoms with Crippen LogP contribution < -0.4 is 5.73 Å². The van der Waals surface area contributed by atoms with Crippen LogP contribution in [-0.4, -0.2) is 32.4 Å². The van der Waals surface area contributed by atoms with Gasteiger partial charge in [-0.1, -0.05) is 6.07 Å². The van der Waals surface area contributed by atoms with Crippen LogP contribution in [0.4, 0.5) is 13.2 Å². The van der Waals surface area contributed by atoms with Crippen LogP contribution in [0.3, 0.4) is 0 Å². The van der Waals surface area contributed by atoms with Gasteiger partial charge in [-0.15, -0.1) is 0 Å². The van der Waals surface area contributed by atoms with E-state index in [-0.39, 0.29) is 23.0 Å². The predicted molar refractivity (Wildman–Crippen MR) is 74.3 cm³/mol. The first-order chi connectivity index (χ1) is 9.48. The number of hydrogen-bond donors (Lipinski definition) is 1. The van der Waals surface area contributed by atoms with Gasteiger partial charge in [-0.2, -0.15) is 13.2 Å².